The number of fused-ring (bicyclic) bond motifs is 6. The lowest BCUT2D eigenvalue weighted by molar-refractivity contribution is 0.0160. The van der Waals surface area contributed by atoms with Crippen molar-refractivity contribution in [1.29, 1.82) is 0 Å². The van der Waals surface area contributed by atoms with Crippen molar-refractivity contribution in [3.63, 3.8) is 0 Å². The minimum Gasteiger partial charge on any atom is -0.444 e. The number of carbonyl (C=O) groups excluding carboxylic acids is 1. The van der Waals surface area contributed by atoms with Crippen molar-refractivity contribution in [3.05, 3.63) is 61.0 Å². The van der Waals surface area contributed by atoms with Gasteiger partial charge in [0, 0.05) is 37.3 Å². The van der Waals surface area contributed by atoms with Crippen molar-refractivity contribution >= 4 is 51.9 Å². The monoisotopic (exact) mass is 645 g/mol. The number of rotatable bonds is 2. The Morgan fingerprint density at radius 3 is 1.87 bits per heavy atom. The first-order valence-corrected chi connectivity index (χ1v) is 16.2. The fraction of sp³-hybridized carbons (Fsp3) is 0.500. The van der Waals surface area contributed by atoms with Gasteiger partial charge in [0.15, 0.2) is 11.3 Å². The number of piperidine rings is 1. The van der Waals surface area contributed by atoms with Gasteiger partial charge in [0.1, 0.15) is 17.2 Å². The average molecular weight is 646 g/mol. The van der Waals surface area contributed by atoms with E-state index in [1.165, 1.54) is 31.5 Å². The van der Waals surface area contributed by atoms with Crippen LogP contribution in [0.1, 0.15) is 90.2 Å². The van der Waals surface area contributed by atoms with E-state index in [0.717, 1.165) is 58.1 Å². The predicted molar refractivity (Wildman–Crippen MR) is 182 cm³/mol. The summed E-state index contributed by atoms with van der Waals surface area (Å²) in [5.41, 5.74) is 5.51. The lowest BCUT2D eigenvalue weighted by Crippen LogP contribution is -2.44. The van der Waals surface area contributed by atoms with Gasteiger partial charge in [-0.1, -0.05) is 33.1 Å². The number of aromatic amines is 2. The zero-order valence-electron chi connectivity index (χ0n) is 27.2. The minimum absolute atomic E-state index is 0. The molecule has 4 atom stereocenters. The number of hydrogen-bond donors (Lipinski definition) is 2. The van der Waals surface area contributed by atoms with Crippen LogP contribution in [0.3, 0.4) is 0 Å². The Labute approximate surface area is 274 Å². The molecule has 1 aliphatic carbocycles. The van der Waals surface area contributed by atoms with E-state index in [1.807, 2.05) is 68.9 Å². The molecule has 0 spiro atoms. The van der Waals surface area contributed by atoms with Crippen molar-refractivity contribution in [1.82, 2.24) is 43.6 Å². The van der Waals surface area contributed by atoms with E-state index in [1.54, 1.807) is 0 Å². The van der Waals surface area contributed by atoms with Gasteiger partial charge in [-0.05, 0) is 57.6 Å². The Morgan fingerprint density at radius 2 is 1.30 bits per heavy atom. The molecule has 12 heteroatoms. The number of nitrogens with zero attached hydrogens (tertiary/aromatic N) is 7. The van der Waals surface area contributed by atoms with Gasteiger partial charge in [-0.25, -0.2) is 24.7 Å². The number of hydrogen-bond acceptors (Lipinski definition) is 6. The van der Waals surface area contributed by atoms with Gasteiger partial charge in [0.05, 0.1) is 46.9 Å². The van der Waals surface area contributed by atoms with Crippen molar-refractivity contribution in [2.45, 2.75) is 84.2 Å². The van der Waals surface area contributed by atoms with E-state index in [0.29, 0.717) is 18.4 Å². The minimum atomic E-state index is -0.487. The Bertz CT molecular complexity index is 1970. The first kappa shape index (κ1) is 31.8. The Balaban J connectivity index is 0.000000165. The third-order valence-corrected chi connectivity index (χ3v) is 9.56. The molecule has 1 aliphatic heterocycles. The molecule has 1 saturated carbocycles. The molecule has 1 amide bonds. The molecule has 2 aliphatic rings. The second-order valence-corrected chi connectivity index (χ2v) is 13.9. The van der Waals surface area contributed by atoms with Crippen LogP contribution in [0.15, 0.2) is 49.3 Å². The summed E-state index contributed by atoms with van der Waals surface area (Å²) in [6, 6.07) is 4.10. The number of halogens is 1. The zero-order chi connectivity index (χ0) is 31.3. The third-order valence-electron chi connectivity index (χ3n) is 9.56. The van der Waals surface area contributed by atoms with Crippen LogP contribution in [0.4, 0.5) is 4.79 Å². The first-order chi connectivity index (χ1) is 21.7. The maximum absolute atomic E-state index is 12.5. The Morgan fingerprint density at radius 1 is 0.783 bits per heavy atom. The molecular weight excluding hydrogens is 602 g/mol. The lowest BCUT2D eigenvalue weighted by Gasteiger charge is -2.37. The van der Waals surface area contributed by atoms with Gasteiger partial charge >= 0.3 is 6.09 Å². The number of H-pyrrole nitrogens is 2. The van der Waals surface area contributed by atoms with Gasteiger partial charge in [-0.2, -0.15) is 0 Å². The number of amides is 1. The molecule has 0 bridgehead atoms. The summed E-state index contributed by atoms with van der Waals surface area (Å²) in [5.74, 6) is 4.08. The molecule has 0 aromatic carbocycles. The molecule has 7 heterocycles. The van der Waals surface area contributed by atoms with Gasteiger partial charge < -0.3 is 19.6 Å². The van der Waals surface area contributed by atoms with E-state index < -0.39 is 5.60 Å². The van der Waals surface area contributed by atoms with Crippen LogP contribution < -0.4 is 0 Å². The third kappa shape index (κ3) is 5.92. The topological polar surface area (TPSA) is 122 Å². The molecule has 2 fully saturated rings. The first-order valence-electron chi connectivity index (χ1n) is 16.2. The number of nitrogens with one attached hydrogen (secondary N) is 2. The largest absolute Gasteiger partial charge is 0.444 e. The van der Waals surface area contributed by atoms with Crippen molar-refractivity contribution in [2.24, 2.45) is 11.8 Å². The molecule has 2 N–H and O–H groups in total. The molecule has 244 valence electrons. The van der Waals surface area contributed by atoms with Gasteiger partial charge in [-0.15, -0.1) is 12.4 Å². The van der Waals surface area contributed by atoms with Crippen molar-refractivity contribution in [2.75, 3.05) is 13.1 Å². The fourth-order valence-electron chi connectivity index (χ4n) is 7.12. The van der Waals surface area contributed by atoms with E-state index in [-0.39, 0.29) is 24.4 Å². The maximum Gasteiger partial charge on any atom is 0.410 e. The molecular formula is C34H44ClN9O2. The highest BCUT2D eigenvalue weighted by Gasteiger charge is 2.35. The predicted octanol–water partition coefficient (Wildman–Crippen LogP) is 7.50. The quantitative estimate of drug-likeness (QED) is 0.201. The summed E-state index contributed by atoms with van der Waals surface area (Å²) in [4.78, 5) is 38.9. The lowest BCUT2D eigenvalue weighted by atomic mass is 9.80. The summed E-state index contributed by atoms with van der Waals surface area (Å²) >= 11 is 0. The summed E-state index contributed by atoms with van der Waals surface area (Å²) < 4.78 is 10.0. The molecule has 8 rings (SSSR count). The van der Waals surface area contributed by atoms with Crippen LogP contribution in [0, 0.1) is 11.8 Å². The van der Waals surface area contributed by atoms with E-state index in [4.69, 9.17) is 14.7 Å². The SMILES string of the molecule is CC1CCCCC1c1ncc2cnc3[nH]ccc3n12.CC1CCN(C(=O)OC(C)(C)C)CC1c1ncc2cnc3[nH]ccc3n12.Cl. The van der Waals surface area contributed by atoms with Crippen molar-refractivity contribution < 1.29 is 9.53 Å². The second kappa shape index (κ2) is 12.6. The molecule has 11 nitrogen and oxygen atoms in total. The smallest absolute Gasteiger partial charge is 0.410 e. The van der Waals surface area contributed by atoms with Crippen LogP contribution in [-0.2, 0) is 4.74 Å². The highest BCUT2D eigenvalue weighted by molar-refractivity contribution is 5.85. The molecule has 46 heavy (non-hydrogen) atoms. The maximum atomic E-state index is 12.5. The van der Waals surface area contributed by atoms with Crippen LogP contribution in [0.25, 0.3) is 33.4 Å². The highest BCUT2D eigenvalue weighted by atomic mass is 35.5. The summed E-state index contributed by atoms with van der Waals surface area (Å²) in [5, 5.41) is 0. The van der Waals surface area contributed by atoms with Crippen LogP contribution in [-0.4, -0.2) is 68.4 Å². The molecule has 6 aromatic heterocycles. The van der Waals surface area contributed by atoms with Gasteiger partial charge in [-0.3, -0.25) is 8.80 Å². The van der Waals surface area contributed by atoms with Crippen LogP contribution in [0.2, 0.25) is 0 Å². The van der Waals surface area contributed by atoms with Gasteiger partial charge in [0.25, 0.3) is 0 Å². The fourth-order valence-corrected chi connectivity index (χ4v) is 7.12. The summed E-state index contributed by atoms with van der Waals surface area (Å²) in [6.07, 6.45) is 17.3. The van der Waals surface area contributed by atoms with E-state index in [9.17, 15) is 4.79 Å². The number of ether oxygens (including phenoxy) is 1. The zero-order valence-corrected chi connectivity index (χ0v) is 28.0. The normalized spacial score (nSPS) is 22.2. The number of imidazole rings is 2. The number of carbonyl (C=O) groups is 1. The standard InChI is InChI=1S/C19H25N5O2.C15H18N4.ClH/c1-12-6-8-23(18(25)26-19(2,3)4)11-14(12)17-22-10-13-9-21-16-15(24(13)17)5-7-20-16;1-10-4-2-3-5-12(10)15-18-9-11-8-17-14-13(19(11)15)6-7-16-14;/h5,7,9-10,12,14,20H,6,8,11H2,1-4H3;6-10,12,16H,2-5H2,1H3;1H. The molecule has 0 radical (unpaired) electrons. The number of aromatic nitrogens is 8. The van der Waals surface area contributed by atoms with E-state index in [2.05, 4.69) is 48.7 Å². The van der Waals surface area contributed by atoms with Crippen LogP contribution in [0.5, 0.6) is 0 Å². The average Bonchev–Trinajstić information content (AvgIpc) is 3.81. The van der Waals surface area contributed by atoms with E-state index >= 15 is 0 Å². The molecule has 4 unspecified atom stereocenters. The Kier molecular flexibility index (Phi) is 8.71. The number of likely N-dealkylation sites (tertiary alicyclic amines) is 1. The van der Waals surface area contributed by atoms with Gasteiger partial charge in [0.2, 0.25) is 0 Å². The molecule has 6 aromatic rings. The summed E-state index contributed by atoms with van der Waals surface area (Å²) in [6.45, 7) is 11.6. The van der Waals surface area contributed by atoms with Crippen molar-refractivity contribution in [3.8, 4) is 0 Å². The van der Waals surface area contributed by atoms with Crippen LogP contribution >= 0.6 is 12.4 Å². The Hall–Kier alpha value is -4.12. The second-order valence-electron chi connectivity index (χ2n) is 13.9. The molecule has 1 saturated heterocycles. The highest BCUT2D eigenvalue weighted by Crippen LogP contribution is 2.38. The summed E-state index contributed by atoms with van der Waals surface area (Å²) in [7, 11) is 0.